The molecule has 0 aromatic rings. The van der Waals surface area contributed by atoms with Gasteiger partial charge in [0, 0.05) is 31.3 Å². The van der Waals surface area contributed by atoms with Crippen molar-refractivity contribution in [2.45, 2.75) is 39.2 Å². The molecular weight excluding hydrogens is 234 g/mol. The molecule has 0 radical (unpaired) electrons. The van der Waals surface area contributed by atoms with Crippen LogP contribution in [0.4, 0.5) is 0 Å². The van der Waals surface area contributed by atoms with Crippen molar-refractivity contribution in [1.29, 1.82) is 0 Å². The molecular formula is C13H21NO4. The standard InChI is InChI=1S/C13H21NO4/c1-9(10(2)12(16)17)11(15)14-7-5-6-13(3,8-14)18-4/h5-8H2,1-4H3,(H,16,17). The van der Waals surface area contributed by atoms with Crippen LogP contribution in [0.1, 0.15) is 33.6 Å². The second kappa shape index (κ2) is 5.52. The van der Waals surface area contributed by atoms with Crippen LogP contribution in [0.15, 0.2) is 11.1 Å². The first kappa shape index (κ1) is 14.7. The highest BCUT2D eigenvalue weighted by molar-refractivity contribution is 6.01. The fourth-order valence-electron chi connectivity index (χ4n) is 2.10. The maximum absolute atomic E-state index is 12.2. The Kier molecular flexibility index (Phi) is 4.51. The summed E-state index contributed by atoms with van der Waals surface area (Å²) in [4.78, 5) is 24.7. The van der Waals surface area contributed by atoms with Crippen LogP contribution in [-0.4, -0.2) is 47.7 Å². The SMILES string of the molecule is COC1(C)CCCN(C(=O)C(C)=C(C)C(=O)O)C1. The van der Waals surface area contributed by atoms with E-state index in [1.165, 1.54) is 6.92 Å². The van der Waals surface area contributed by atoms with Gasteiger partial charge in [-0.15, -0.1) is 0 Å². The maximum Gasteiger partial charge on any atom is 0.331 e. The van der Waals surface area contributed by atoms with Crippen molar-refractivity contribution in [3.8, 4) is 0 Å². The molecule has 1 heterocycles. The molecule has 102 valence electrons. The number of hydrogen-bond donors (Lipinski definition) is 1. The molecule has 0 aliphatic carbocycles. The Hall–Kier alpha value is -1.36. The molecule has 1 aliphatic rings. The molecule has 18 heavy (non-hydrogen) atoms. The Morgan fingerprint density at radius 3 is 2.39 bits per heavy atom. The molecule has 5 heteroatoms. The number of nitrogens with zero attached hydrogens (tertiary/aromatic N) is 1. The third-order valence-corrected chi connectivity index (χ3v) is 3.64. The van der Waals surface area contributed by atoms with Gasteiger partial charge in [0.1, 0.15) is 0 Å². The zero-order valence-electron chi connectivity index (χ0n) is 11.4. The van der Waals surface area contributed by atoms with E-state index in [0.29, 0.717) is 18.7 Å². The molecule has 1 amide bonds. The highest BCUT2D eigenvalue weighted by Crippen LogP contribution is 2.25. The van der Waals surface area contributed by atoms with Crippen molar-refractivity contribution in [3.63, 3.8) is 0 Å². The number of hydrogen-bond acceptors (Lipinski definition) is 3. The number of ether oxygens (including phenoxy) is 1. The summed E-state index contributed by atoms with van der Waals surface area (Å²) in [6.07, 6.45) is 1.78. The van der Waals surface area contributed by atoms with Gasteiger partial charge in [-0.25, -0.2) is 4.79 Å². The van der Waals surface area contributed by atoms with E-state index in [-0.39, 0.29) is 17.1 Å². The summed E-state index contributed by atoms with van der Waals surface area (Å²) in [5, 5.41) is 8.90. The fourth-order valence-corrected chi connectivity index (χ4v) is 2.10. The molecule has 1 aliphatic heterocycles. The number of carboxylic acids is 1. The van der Waals surface area contributed by atoms with E-state index in [1.807, 2.05) is 6.92 Å². The van der Waals surface area contributed by atoms with Gasteiger partial charge in [-0.3, -0.25) is 4.79 Å². The molecule has 1 atom stereocenters. The maximum atomic E-state index is 12.2. The lowest BCUT2D eigenvalue weighted by atomic mass is 9.94. The van der Waals surface area contributed by atoms with Crippen LogP contribution in [0, 0.1) is 0 Å². The zero-order valence-corrected chi connectivity index (χ0v) is 11.4. The molecule has 1 saturated heterocycles. The van der Waals surface area contributed by atoms with Gasteiger partial charge in [0.15, 0.2) is 0 Å². The first-order valence-corrected chi connectivity index (χ1v) is 6.06. The van der Waals surface area contributed by atoms with Crippen LogP contribution in [0.3, 0.4) is 0 Å². The van der Waals surface area contributed by atoms with Crippen molar-refractivity contribution in [3.05, 3.63) is 11.1 Å². The second-order valence-corrected chi connectivity index (χ2v) is 5.04. The number of rotatable bonds is 3. The Morgan fingerprint density at radius 2 is 1.89 bits per heavy atom. The monoisotopic (exact) mass is 255 g/mol. The van der Waals surface area contributed by atoms with Crippen LogP contribution < -0.4 is 0 Å². The first-order valence-electron chi connectivity index (χ1n) is 6.06. The van der Waals surface area contributed by atoms with E-state index in [9.17, 15) is 9.59 Å². The van der Waals surface area contributed by atoms with E-state index >= 15 is 0 Å². The van der Waals surface area contributed by atoms with Gasteiger partial charge in [-0.1, -0.05) is 0 Å². The Labute approximate surface area is 107 Å². The van der Waals surface area contributed by atoms with Crippen molar-refractivity contribution < 1.29 is 19.4 Å². The van der Waals surface area contributed by atoms with Crippen LogP contribution in [0.25, 0.3) is 0 Å². The van der Waals surface area contributed by atoms with E-state index in [2.05, 4.69) is 0 Å². The minimum Gasteiger partial charge on any atom is -0.478 e. The van der Waals surface area contributed by atoms with Crippen LogP contribution >= 0.6 is 0 Å². The van der Waals surface area contributed by atoms with Gasteiger partial charge in [-0.2, -0.15) is 0 Å². The van der Waals surface area contributed by atoms with Crippen LogP contribution in [0.2, 0.25) is 0 Å². The van der Waals surface area contributed by atoms with Crippen molar-refractivity contribution in [1.82, 2.24) is 4.90 Å². The Bertz CT molecular complexity index is 388. The van der Waals surface area contributed by atoms with Crippen LogP contribution in [-0.2, 0) is 14.3 Å². The quantitative estimate of drug-likeness (QED) is 0.775. The largest absolute Gasteiger partial charge is 0.478 e. The molecule has 0 saturated carbocycles. The molecule has 1 rings (SSSR count). The van der Waals surface area contributed by atoms with Gasteiger partial charge in [0.25, 0.3) is 0 Å². The first-order chi connectivity index (χ1) is 8.30. The average molecular weight is 255 g/mol. The van der Waals surface area contributed by atoms with Crippen molar-refractivity contribution >= 4 is 11.9 Å². The normalized spacial score (nSPS) is 25.7. The molecule has 1 N–H and O–H groups in total. The van der Waals surface area contributed by atoms with E-state index in [0.717, 1.165) is 12.8 Å². The Balaban J connectivity index is 2.85. The second-order valence-electron chi connectivity index (χ2n) is 5.04. The summed E-state index contributed by atoms with van der Waals surface area (Å²) in [5.74, 6) is -1.26. The molecule has 0 spiro atoms. The van der Waals surface area contributed by atoms with Crippen molar-refractivity contribution in [2.24, 2.45) is 0 Å². The van der Waals surface area contributed by atoms with Crippen LogP contribution in [0.5, 0.6) is 0 Å². The molecule has 5 nitrogen and oxygen atoms in total. The summed E-state index contributed by atoms with van der Waals surface area (Å²) in [6, 6.07) is 0. The minimum absolute atomic E-state index is 0.102. The van der Waals surface area contributed by atoms with Gasteiger partial charge in [0.2, 0.25) is 5.91 Å². The minimum atomic E-state index is -1.05. The third kappa shape index (κ3) is 3.10. The number of likely N-dealkylation sites (tertiary alicyclic amines) is 1. The van der Waals surface area contributed by atoms with Gasteiger partial charge >= 0.3 is 5.97 Å². The summed E-state index contributed by atoms with van der Waals surface area (Å²) in [7, 11) is 1.64. The number of carboxylic acid groups (broad SMARTS) is 1. The topological polar surface area (TPSA) is 66.8 Å². The zero-order chi connectivity index (χ0) is 13.9. The Morgan fingerprint density at radius 1 is 1.28 bits per heavy atom. The molecule has 1 fully saturated rings. The number of aliphatic carboxylic acids is 1. The number of piperidine rings is 1. The fraction of sp³-hybridized carbons (Fsp3) is 0.692. The third-order valence-electron chi connectivity index (χ3n) is 3.64. The van der Waals surface area contributed by atoms with E-state index in [1.54, 1.807) is 18.9 Å². The molecule has 0 aromatic carbocycles. The predicted octanol–water partition coefficient (Wildman–Crippen LogP) is 1.43. The smallest absolute Gasteiger partial charge is 0.331 e. The lowest BCUT2D eigenvalue weighted by Gasteiger charge is -2.39. The van der Waals surface area contributed by atoms with Gasteiger partial charge in [-0.05, 0) is 33.6 Å². The highest BCUT2D eigenvalue weighted by Gasteiger charge is 2.33. The summed E-state index contributed by atoms with van der Waals surface area (Å²) in [6.45, 7) is 6.14. The highest BCUT2D eigenvalue weighted by atomic mass is 16.5. The summed E-state index contributed by atoms with van der Waals surface area (Å²) < 4.78 is 5.42. The van der Waals surface area contributed by atoms with E-state index in [4.69, 9.17) is 9.84 Å². The molecule has 0 aromatic heterocycles. The van der Waals surface area contributed by atoms with Crippen molar-refractivity contribution in [2.75, 3.05) is 20.2 Å². The number of carbonyl (C=O) groups excluding carboxylic acids is 1. The lowest BCUT2D eigenvalue weighted by molar-refractivity contribution is -0.137. The number of carbonyl (C=O) groups is 2. The summed E-state index contributed by atoms with van der Waals surface area (Å²) in [5.41, 5.74) is 0.0678. The lowest BCUT2D eigenvalue weighted by Crippen LogP contribution is -2.50. The molecule has 0 bridgehead atoms. The summed E-state index contributed by atoms with van der Waals surface area (Å²) >= 11 is 0. The predicted molar refractivity (Wildman–Crippen MR) is 67.2 cm³/mol. The average Bonchev–Trinajstić information content (AvgIpc) is 2.36. The van der Waals surface area contributed by atoms with Gasteiger partial charge < -0.3 is 14.7 Å². The number of amides is 1. The molecule has 1 unspecified atom stereocenters. The number of methoxy groups -OCH3 is 1. The van der Waals surface area contributed by atoms with E-state index < -0.39 is 5.97 Å². The van der Waals surface area contributed by atoms with Gasteiger partial charge in [0.05, 0.1) is 5.60 Å².